The van der Waals surface area contributed by atoms with Crippen molar-refractivity contribution in [2.24, 2.45) is 5.92 Å². The molecule has 1 aliphatic carbocycles. The first kappa shape index (κ1) is 27.8. The quantitative estimate of drug-likeness (QED) is 0.374. The molecule has 0 radical (unpaired) electrons. The number of hydrogen-bond donors (Lipinski definition) is 3. The van der Waals surface area contributed by atoms with Crippen LogP contribution in [0.5, 0.6) is 0 Å². The van der Waals surface area contributed by atoms with Crippen molar-refractivity contribution in [1.82, 2.24) is 20.3 Å². The number of rotatable bonds is 5. The summed E-state index contributed by atoms with van der Waals surface area (Å²) in [6, 6.07) is 10.4. The van der Waals surface area contributed by atoms with E-state index in [0.29, 0.717) is 32.2 Å². The van der Waals surface area contributed by atoms with Gasteiger partial charge in [-0.05, 0) is 61.4 Å². The maximum atomic E-state index is 13.6. The highest BCUT2D eigenvalue weighted by atomic mass is 32.2. The van der Waals surface area contributed by atoms with Crippen molar-refractivity contribution in [2.75, 3.05) is 6.54 Å². The second-order valence-electron chi connectivity index (χ2n) is 10.8. The summed E-state index contributed by atoms with van der Waals surface area (Å²) < 4.78 is 28.7. The molecule has 1 saturated heterocycles. The fraction of sp³-hybridized carbons (Fsp3) is 0.448. The van der Waals surface area contributed by atoms with E-state index >= 15 is 0 Å². The van der Waals surface area contributed by atoms with E-state index < -0.39 is 39.5 Å². The first-order valence-corrected chi connectivity index (χ1v) is 15.3. The molecular formula is C29H34N4O6S. The number of nitrogens with zero attached hydrogens (tertiary/aromatic N) is 1. The molecule has 4 atom stereocenters. The number of fused-ring (bicyclic) bond motifs is 3. The predicted molar refractivity (Wildman–Crippen MR) is 148 cm³/mol. The number of carbonyl (C=O) groups excluding carboxylic acids is 4. The second kappa shape index (κ2) is 11.4. The first-order chi connectivity index (χ1) is 19.2. The molecular weight excluding hydrogens is 532 g/mol. The Morgan fingerprint density at radius 1 is 1.02 bits per heavy atom. The van der Waals surface area contributed by atoms with Gasteiger partial charge in [0.1, 0.15) is 17.6 Å². The largest absolute Gasteiger partial charge is 0.347 e. The van der Waals surface area contributed by atoms with E-state index in [9.17, 15) is 27.6 Å². The molecule has 5 rings (SSSR count). The maximum absolute atomic E-state index is 13.6. The van der Waals surface area contributed by atoms with E-state index in [1.807, 2.05) is 24.3 Å². The van der Waals surface area contributed by atoms with Crippen LogP contribution in [-0.2, 0) is 29.2 Å². The lowest BCUT2D eigenvalue weighted by molar-refractivity contribution is -0.141. The summed E-state index contributed by atoms with van der Waals surface area (Å²) in [5.74, 6) is -1.99. The summed E-state index contributed by atoms with van der Waals surface area (Å²) >= 11 is 0. The van der Waals surface area contributed by atoms with Gasteiger partial charge < -0.3 is 15.5 Å². The molecule has 0 bridgehead atoms. The van der Waals surface area contributed by atoms with Crippen LogP contribution < -0.4 is 15.4 Å². The molecule has 40 heavy (non-hydrogen) atoms. The Bertz CT molecular complexity index is 1460. The summed E-state index contributed by atoms with van der Waals surface area (Å²) in [4.78, 5) is 53.0. The van der Waals surface area contributed by atoms with E-state index in [1.165, 1.54) is 17.0 Å². The number of nitrogens with one attached hydrogen (secondary N) is 3. The van der Waals surface area contributed by atoms with Gasteiger partial charge in [0.05, 0.1) is 4.90 Å². The predicted octanol–water partition coefficient (Wildman–Crippen LogP) is 2.15. The average molecular weight is 567 g/mol. The van der Waals surface area contributed by atoms with E-state index in [2.05, 4.69) is 15.4 Å². The maximum Gasteiger partial charge on any atom is 0.264 e. The molecule has 10 nitrogen and oxygen atoms in total. The van der Waals surface area contributed by atoms with Crippen LogP contribution in [0.2, 0.25) is 0 Å². The molecule has 2 aliphatic heterocycles. The van der Waals surface area contributed by atoms with Crippen LogP contribution in [0, 0.1) is 5.92 Å². The van der Waals surface area contributed by atoms with Gasteiger partial charge >= 0.3 is 0 Å². The summed E-state index contributed by atoms with van der Waals surface area (Å²) in [6.45, 7) is 0.368. The van der Waals surface area contributed by atoms with Gasteiger partial charge in [0.25, 0.3) is 15.9 Å². The highest BCUT2D eigenvalue weighted by Gasteiger charge is 2.61. The molecule has 4 amide bonds. The molecule has 2 aromatic carbocycles. The Hall–Kier alpha value is -3.73. The van der Waals surface area contributed by atoms with Crippen molar-refractivity contribution in [2.45, 2.75) is 73.9 Å². The number of hydrogen-bond acceptors (Lipinski definition) is 6. The normalized spacial score (nSPS) is 28.3. The molecule has 2 fully saturated rings. The summed E-state index contributed by atoms with van der Waals surface area (Å²) in [6.07, 6.45) is 9.30. The molecule has 3 aliphatic rings. The summed E-state index contributed by atoms with van der Waals surface area (Å²) in [7, 11) is -4.22. The number of carbonyl (C=O) groups is 4. The molecule has 2 aromatic rings. The van der Waals surface area contributed by atoms with Crippen LogP contribution in [-0.4, -0.2) is 61.6 Å². The van der Waals surface area contributed by atoms with Crippen molar-refractivity contribution in [3.05, 3.63) is 54.6 Å². The number of allylic oxidation sites excluding steroid dienone is 1. The fourth-order valence-corrected chi connectivity index (χ4v) is 6.88. The third kappa shape index (κ3) is 5.60. The van der Waals surface area contributed by atoms with Crippen molar-refractivity contribution >= 4 is 44.9 Å². The van der Waals surface area contributed by atoms with Crippen LogP contribution in [0.25, 0.3) is 10.8 Å². The number of sulfonamides is 1. The van der Waals surface area contributed by atoms with Crippen LogP contribution in [0.15, 0.2) is 59.5 Å². The van der Waals surface area contributed by atoms with Gasteiger partial charge in [0.15, 0.2) is 0 Å². The van der Waals surface area contributed by atoms with Crippen molar-refractivity contribution in [3.63, 3.8) is 0 Å². The third-order valence-electron chi connectivity index (χ3n) is 8.16. The van der Waals surface area contributed by atoms with Gasteiger partial charge in [-0.2, -0.15) is 0 Å². The molecule has 0 spiro atoms. The smallest absolute Gasteiger partial charge is 0.264 e. The molecule has 212 valence electrons. The summed E-state index contributed by atoms with van der Waals surface area (Å²) in [5, 5.41) is 7.02. The summed E-state index contributed by atoms with van der Waals surface area (Å²) in [5.41, 5.74) is -1.44. The lowest BCUT2D eigenvalue weighted by atomic mass is 10.1. The standard InChI is InChI=1S/C29H34N4O6S/c34-19-30-24-12-5-3-1-2-4-11-22-18-29(22,31-26(35)25-13-8-16-33(25)27(24)36)28(37)32-40(38,39)23-15-14-20-9-6-7-10-21(20)17-23/h4,6-7,9-11,14-15,17,19,22,24-25H,1-3,5,8,12-13,16,18H2,(H,30,34)(H,31,35)(H,32,37)/b11-4-/t22-,24+,25+,29-/m1/s1. The van der Waals surface area contributed by atoms with E-state index in [-0.39, 0.29) is 23.1 Å². The van der Waals surface area contributed by atoms with Gasteiger partial charge in [-0.1, -0.05) is 55.3 Å². The van der Waals surface area contributed by atoms with Gasteiger partial charge in [-0.25, -0.2) is 13.1 Å². The lowest BCUT2D eigenvalue weighted by Gasteiger charge is -2.29. The Kier molecular flexibility index (Phi) is 7.93. The molecule has 0 aromatic heterocycles. The minimum atomic E-state index is -4.22. The molecule has 2 heterocycles. The topological polar surface area (TPSA) is 142 Å². The van der Waals surface area contributed by atoms with Crippen molar-refractivity contribution in [3.8, 4) is 0 Å². The van der Waals surface area contributed by atoms with Gasteiger partial charge in [0.2, 0.25) is 18.2 Å². The molecule has 1 saturated carbocycles. The minimum absolute atomic E-state index is 0.0477. The highest BCUT2D eigenvalue weighted by Crippen LogP contribution is 2.45. The zero-order valence-electron chi connectivity index (χ0n) is 22.2. The Morgan fingerprint density at radius 3 is 2.62 bits per heavy atom. The van der Waals surface area contributed by atoms with Crippen LogP contribution in [0.4, 0.5) is 0 Å². The van der Waals surface area contributed by atoms with Crippen LogP contribution in [0.3, 0.4) is 0 Å². The van der Waals surface area contributed by atoms with Crippen LogP contribution >= 0.6 is 0 Å². The molecule has 11 heteroatoms. The Morgan fingerprint density at radius 2 is 1.82 bits per heavy atom. The van der Waals surface area contributed by atoms with Gasteiger partial charge in [0, 0.05) is 12.5 Å². The second-order valence-corrected chi connectivity index (χ2v) is 12.5. The van der Waals surface area contributed by atoms with Crippen molar-refractivity contribution in [1.29, 1.82) is 0 Å². The van der Waals surface area contributed by atoms with E-state index in [0.717, 1.165) is 36.5 Å². The molecule has 3 N–H and O–H groups in total. The highest BCUT2D eigenvalue weighted by molar-refractivity contribution is 7.90. The van der Waals surface area contributed by atoms with Gasteiger partial charge in [-0.15, -0.1) is 0 Å². The fourth-order valence-electron chi connectivity index (χ4n) is 5.80. The number of amides is 4. The van der Waals surface area contributed by atoms with E-state index in [1.54, 1.807) is 18.2 Å². The Labute approximate surface area is 233 Å². The van der Waals surface area contributed by atoms with E-state index in [4.69, 9.17) is 0 Å². The van der Waals surface area contributed by atoms with Crippen LogP contribution in [0.1, 0.15) is 51.4 Å². The monoisotopic (exact) mass is 566 g/mol. The number of benzene rings is 2. The Balaban J connectivity index is 1.40. The zero-order chi connectivity index (χ0) is 28.3. The first-order valence-electron chi connectivity index (χ1n) is 13.8. The SMILES string of the molecule is O=CN[C@H]1CCCCC/C=C\[C@@H]2C[C@@]2(C(=O)NS(=O)(=O)c2ccc3ccccc3c2)NC(=O)[C@@H]2CCCN2C1=O. The van der Waals surface area contributed by atoms with Crippen molar-refractivity contribution < 1.29 is 27.6 Å². The van der Waals surface area contributed by atoms with Gasteiger partial charge in [-0.3, -0.25) is 19.2 Å². The lowest BCUT2D eigenvalue weighted by Crippen LogP contribution is -2.57. The zero-order valence-corrected chi connectivity index (χ0v) is 23.0. The minimum Gasteiger partial charge on any atom is -0.347 e. The third-order valence-corrected chi connectivity index (χ3v) is 9.49. The molecule has 0 unspecified atom stereocenters. The average Bonchev–Trinajstić information content (AvgIpc) is 3.40.